The molecule has 3 heteroatoms. The molecule has 92 valence electrons. The second kappa shape index (κ2) is 4.28. The summed E-state index contributed by atoms with van der Waals surface area (Å²) in [7, 11) is 0. The van der Waals surface area contributed by atoms with Crippen molar-refractivity contribution in [2.45, 2.75) is 69.4 Å². The van der Waals surface area contributed by atoms with Crippen molar-refractivity contribution in [3.8, 4) is 0 Å². The van der Waals surface area contributed by atoms with Gasteiger partial charge in [-0.2, -0.15) is 0 Å². The lowest BCUT2D eigenvalue weighted by Gasteiger charge is -2.50. The van der Waals surface area contributed by atoms with Gasteiger partial charge >= 0.3 is 0 Å². The van der Waals surface area contributed by atoms with Gasteiger partial charge < -0.3 is 14.9 Å². The Labute approximate surface area is 96.8 Å². The summed E-state index contributed by atoms with van der Waals surface area (Å²) in [6, 6.07) is 0. The molecule has 1 saturated heterocycles. The van der Waals surface area contributed by atoms with Crippen molar-refractivity contribution >= 4 is 0 Å². The van der Waals surface area contributed by atoms with Crippen LogP contribution in [0.5, 0.6) is 0 Å². The highest BCUT2D eigenvalue weighted by Crippen LogP contribution is 2.43. The van der Waals surface area contributed by atoms with E-state index in [1.807, 2.05) is 0 Å². The largest absolute Gasteiger partial charge is 0.393 e. The molecule has 0 aromatic rings. The predicted molar refractivity (Wildman–Crippen MR) is 60.0 cm³/mol. The number of fused-ring (bicyclic) bond motifs is 2. The van der Waals surface area contributed by atoms with Crippen LogP contribution in [0.25, 0.3) is 0 Å². The average molecular weight is 226 g/mol. The van der Waals surface area contributed by atoms with E-state index in [0.29, 0.717) is 0 Å². The van der Waals surface area contributed by atoms with E-state index in [1.54, 1.807) is 0 Å². The molecule has 3 rings (SSSR count). The maximum absolute atomic E-state index is 10.4. The third-order valence-electron chi connectivity index (χ3n) is 4.80. The van der Waals surface area contributed by atoms with Crippen molar-refractivity contribution < 1.29 is 14.9 Å². The molecule has 1 aliphatic heterocycles. The summed E-state index contributed by atoms with van der Waals surface area (Å²) in [6.45, 7) is 0. The second-order valence-corrected chi connectivity index (χ2v) is 5.73. The van der Waals surface area contributed by atoms with Gasteiger partial charge in [0.25, 0.3) is 0 Å². The number of aliphatic hydroxyl groups is 2. The Hall–Kier alpha value is -0.120. The first-order chi connectivity index (χ1) is 7.77. The first-order valence-corrected chi connectivity index (χ1v) is 6.79. The standard InChI is InChI=1S/C13H22O3/c14-9-5-3-7-11-12(9)13(15)8-4-1-2-6-10(8)16-11/h8-15H,1-7H2/t8-,9?,10?,11?,12?,13?/m1/s1. The summed E-state index contributed by atoms with van der Waals surface area (Å²) in [5, 5.41) is 20.5. The molecule has 3 fully saturated rings. The van der Waals surface area contributed by atoms with Crippen LogP contribution in [0.2, 0.25) is 0 Å². The third-order valence-corrected chi connectivity index (χ3v) is 4.80. The lowest BCUT2D eigenvalue weighted by atomic mass is 9.69. The Kier molecular flexibility index (Phi) is 2.94. The molecule has 2 saturated carbocycles. The molecule has 16 heavy (non-hydrogen) atoms. The summed E-state index contributed by atoms with van der Waals surface area (Å²) in [4.78, 5) is 0. The van der Waals surface area contributed by atoms with Crippen LogP contribution >= 0.6 is 0 Å². The van der Waals surface area contributed by atoms with Gasteiger partial charge in [0.15, 0.2) is 0 Å². The summed E-state index contributed by atoms with van der Waals surface area (Å²) < 4.78 is 6.12. The number of rotatable bonds is 0. The van der Waals surface area contributed by atoms with E-state index in [-0.39, 0.29) is 36.3 Å². The van der Waals surface area contributed by atoms with Gasteiger partial charge in [-0.3, -0.25) is 0 Å². The smallest absolute Gasteiger partial charge is 0.0670 e. The minimum Gasteiger partial charge on any atom is -0.393 e. The predicted octanol–water partition coefficient (Wildman–Crippen LogP) is 1.47. The van der Waals surface area contributed by atoms with E-state index in [2.05, 4.69) is 0 Å². The second-order valence-electron chi connectivity index (χ2n) is 5.73. The van der Waals surface area contributed by atoms with Crippen LogP contribution in [0.15, 0.2) is 0 Å². The van der Waals surface area contributed by atoms with E-state index in [9.17, 15) is 10.2 Å². The fraction of sp³-hybridized carbons (Fsp3) is 1.00. The minimum atomic E-state index is -0.350. The number of ether oxygens (including phenoxy) is 1. The fourth-order valence-electron chi connectivity index (χ4n) is 3.96. The third kappa shape index (κ3) is 1.69. The molecule has 0 radical (unpaired) electrons. The van der Waals surface area contributed by atoms with E-state index in [4.69, 9.17) is 4.74 Å². The first kappa shape index (κ1) is 11.0. The van der Waals surface area contributed by atoms with Crippen LogP contribution < -0.4 is 0 Å². The number of hydrogen-bond acceptors (Lipinski definition) is 3. The molecule has 0 aromatic heterocycles. The summed E-state index contributed by atoms with van der Waals surface area (Å²) in [6.07, 6.45) is 7.17. The Morgan fingerprint density at radius 2 is 1.56 bits per heavy atom. The highest BCUT2D eigenvalue weighted by atomic mass is 16.5. The van der Waals surface area contributed by atoms with Crippen molar-refractivity contribution in [1.82, 2.24) is 0 Å². The van der Waals surface area contributed by atoms with Gasteiger partial charge in [0.2, 0.25) is 0 Å². The van der Waals surface area contributed by atoms with Crippen LogP contribution in [0.3, 0.4) is 0 Å². The van der Waals surface area contributed by atoms with E-state index in [1.165, 1.54) is 12.8 Å². The van der Waals surface area contributed by atoms with Gasteiger partial charge in [-0.15, -0.1) is 0 Å². The minimum absolute atomic E-state index is 0.0203. The Morgan fingerprint density at radius 1 is 0.812 bits per heavy atom. The zero-order valence-electron chi connectivity index (χ0n) is 9.72. The maximum atomic E-state index is 10.4. The SMILES string of the molecule is OC1CCCC2OC3CCCC[C@H]3C(O)C12. The monoisotopic (exact) mass is 226 g/mol. The van der Waals surface area contributed by atoms with Crippen molar-refractivity contribution in [3.63, 3.8) is 0 Å². The summed E-state index contributed by atoms with van der Waals surface area (Å²) in [5.41, 5.74) is 0. The van der Waals surface area contributed by atoms with Crippen LogP contribution in [0.1, 0.15) is 44.9 Å². The van der Waals surface area contributed by atoms with Gasteiger partial charge in [0.1, 0.15) is 0 Å². The van der Waals surface area contributed by atoms with Gasteiger partial charge in [0, 0.05) is 11.8 Å². The lowest BCUT2D eigenvalue weighted by Crippen LogP contribution is -2.57. The number of hydrogen-bond donors (Lipinski definition) is 2. The molecule has 0 aromatic carbocycles. The molecule has 1 heterocycles. The summed E-state index contributed by atoms with van der Waals surface area (Å²) in [5.74, 6) is 0.260. The highest BCUT2D eigenvalue weighted by molar-refractivity contribution is 4.97. The van der Waals surface area contributed by atoms with Crippen molar-refractivity contribution in [3.05, 3.63) is 0 Å². The molecule has 3 aliphatic rings. The van der Waals surface area contributed by atoms with Crippen molar-refractivity contribution in [2.24, 2.45) is 11.8 Å². The van der Waals surface area contributed by atoms with Crippen LogP contribution in [0.4, 0.5) is 0 Å². The molecule has 2 aliphatic carbocycles. The van der Waals surface area contributed by atoms with Crippen LogP contribution in [-0.4, -0.2) is 34.6 Å². The molecule has 2 N–H and O–H groups in total. The van der Waals surface area contributed by atoms with Gasteiger partial charge in [-0.05, 0) is 32.1 Å². The Morgan fingerprint density at radius 3 is 2.44 bits per heavy atom. The average Bonchev–Trinajstić information content (AvgIpc) is 2.29. The zero-order valence-corrected chi connectivity index (χ0v) is 9.72. The Balaban J connectivity index is 1.79. The van der Waals surface area contributed by atoms with Crippen molar-refractivity contribution in [2.75, 3.05) is 0 Å². The molecule has 3 nitrogen and oxygen atoms in total. The normalized spacial score (nSPS) is 52.9. The summed E-state index contributed by atoms with van der Waals surface area (Å²) >= 11 is 0. The molecular weight excluding hydrogens is 204 g/mol. The molecule has 6 atom stereocenters. The topological polar surface area (TPSA) is 49.7 Å². The zero-order chi connectivity index (χ0) is 11.1. The first-order valence-electron chi connectivity index (χ1n) is 6.79. The van der Waals surface area contributed by atoms with Crippen LogP contribution in [-0.2, 0) is 4.74 Å². The fourth-order valence-corrected chi connectivity index (χ4v) is 3.96. The Bertz CT molecular complexity index is 256. The molecular formula is C13H22O3. The van der Waals surface area contributed by atoms with E-state index in [0.717, 1.165) is 32.1 Å². The van der Waals surface area contributed by atoms with Gasteiger partial charge in [-0.1, -0.05) is 12.8 Å². The van der Waals surface area contributed by atoms with E-state index < -0.39 is 0 Å². The van der Waals surface area contributed by atoms with Gasteiger partial charge in [-0.25, -0.2) is 0 Å². The molecule has 5 unspecified atom stereocenters. The molecule has 0 bridgehead atoms. The quantitative estimate of drug-likeness (QED) is 0.657. The maximum Gasteiger partial charge on any atom is 0.0670 e. The highest BCUT2D eigenvalue weighted by Gasteiger charge is 2.49. The molecule has 0 spiro atoms. The number of aliphatic hydroxyl groups excluding tert-OH is 2. The van der Waals surface area contributed by atoms with Gasteiger partial charge in [0.05, 0.1) is 24.4 Å². The molecule has 0 amide bonds. The van der Waals surface area contributed by atoms with E-state index >= 15 is 0 Å². The van der Waals surface area contributed by atoms with Crippen molar-refractivity contribution in [1.29, 1.82) is 0 Å². The lowest BCUT2D eigenvalue weighted by molar-refractivity contribution is -0.217. The van der Waals surface area contributed by atoms with Crippen LogP contribution in [0, 0.1) is 11.8 Å².